The molecule has 0 aliphatic rings. The Kier molecular flexibility index (Phi) is 11.8. The molecule has 0 bridgehead atoms. The Morgan fingerprint density at radius 1 is 1.06 bits per heavy atom. The molecule has 0 heterocycles. The highest BCUT2D eigenvalue weighted by molar-refractivity contribution is 4.82. The summed E-state index contributed by atoms with van der Waals surface area (Å²) >= 11 is 0. The first kappa shape index (κ1) is 16.6. The lowest BCUT2D eigenvalue weighted by Gasteiger charge is -2.15. The molecule has 0 aromatic carbocycles. The second kappa shape index (κ2) is 12.1. The van der Waals surface area contributed by atoms with Crippen LogP contribution in [0.1, 0.15) is 58.3 Å². The van der Waals surface area contributed by atoms with Gasteiger partial charge in [-0.25, -0.2) is 0 Å². The molecule has 0 aromatic rings. The maximum Gasteiger partial charge on any atom is 0.0713 e. The number of rotatable bonds is 11. The van der Waals surface area contributed by atoms with Crippen LogP contribution in [0.15, 0.2) is 12.2 Å². The smallest absolute Gasteiger partial charge is 0.0713 e. The van der Waals surface area contributed by atoms with E-state index in [1.165, 1.54) is 32.1 Å². The predicted molar refractivity (Wildman–Crippen MR) is 72.8 cm³/mol. The topological polar surface area (TPSA) is 66.5 Å². The van der Waals surface area contributed by atoms with Crippen molar-refractivity contribution in [2.24, 2.45) is 5.73 Å². The van der Waals surface area contributed by atoms with Gasteiger partial charge in [0.15, 0.2) is 0 Å². The molecule has 0 spiro atoms. The van der Waals surface area contributed by atoms with Crippen LogP contribution in [0.2, 0.25) is 0 Å². The standard InChI is InChI=1S/C14H29NO2/c1-2-3-4-5-6-7-8-9-10-11-14(17)13(15)12-16/h7-8,13-14,16-17H,2-6,9-12,15H2,1H3/b8-7-/t13-,14-/m1/s1. The first-order valence-corrected chi connectivity index (χ1v) is 6.91. The summed E-state index contributed by atoms with van der Waals surface area (Å²) in [5.74, 6) is 0. The molecule has 17 heavy (non-hydrogen) atoms. The van der Waals surface area contributed by atoms with Crippen molar-refractivity contribution in [3.8, 4) is 0 Å². The Morgan fingerprint density at radius 2 is 1.71 bits per heavy atom. The van der Waals surface area contributed by atoms with Crippen molar-refractivity contribution in [1.82, 2.24) is 0 Å². The molecule has 0 aromatic heterocycles. The zero-order valence-corrected chi connectivity index (χ0v) is 11.1. The monoisotopic (exact) mass is 243 g/mol. The Labute approximate surface area is 106 Å². The predicted octanol–water partition coefficient (Wildman–Crippen LogP) is 2.36. The van der Waals surface area contributed by atoms with Crippen molar-refractivity contribution in [2.45, 2.75) is 70.4 Å². The van der Waals surface area contributed by atoms with Gasteiger partial charge in [-0.3, -0.25) is 0 Å². The number of hydrogen-bond acceptors (Lipinski definition) is 3. The number of hydrogen-bond donors (Lipinski definition) is 3. The molecule has 0 rings (SSSR count). The maximum atomic E-state index is 9.51. The molecule has 3 heteroatoms. The van der Waals surface area contributed by atoms with Gasteiger partial charge in [0, 0.05) is 0 Å². The van der Waals surface area contributed by atoms with Crippen LogP contribution in [0.4, 0.5) is 0 Å². The van der Waals surface area contributed by atoms with Gasteiger partial charge in [0.05, 0.1) is 18.8 Å². The van der Waals surface area contributed by atoms with Crippen LogP contribution in [0.5, 0.6) is 0 Å². The summed E-state index contributed by atoms with van der Waals surface area (Å²) < 4.78 is 0. The Bertz CT molecular complexity index is 183. The zero-order chi connectivity index (χ0) is 12.9. The molecular weight excluding hydrogens is 214 g/mol. The van der Waals surface area contributed by atoms with Crippen molar-refractivity contribution in [3.63, 3.8) is 0 Å². The summed E-state index contributed by atoms with van der Waals surface area (Å²) in [6.45, 7) is 2.08. The molecule has 0 unspecified atom stereocenters. The van der Waals surface area contributed by atoms with E-state index in [9.17, 15) is 5.11 Å². The summed E-state index contributed by atoms with van der Waals surface area (Å²) in [7, 11) is 0. The Morgan fingerprint density at radius 3 is 2.29 bits per heavy atom. The van der Waals surface area contributed by atoms with Crippen molar-refractivity contribution in [3.05, 3.63) is 12.2 Å². The van der Waals surface area contributed by atoms with Gasteiger partial charge in [-0.05, 0) is 32.1 Å². The zero-order valence-electron chi connectivity index (χ0n) is 11.1. The lowest BCUT2D eigenvalue weighted by atomic mass is 10.1. The summed E-state index contributed by atoms with van der Waals surface area (Å²) in [5.41, 5.74) is 5.51. The highest BCUT2D eigenvalue weighted by atomic mass is 16.3. The molecule has 0 radical (unpaired) electrons. The Balaban J connectivity index is 3.29. The van der Waals surface area contributed by atoms with Crippen LogP contribution < -0.4 is 5.73 Å². The van der Waals surface area contributed by atoms with Crippen LogP contribution in [0.25, 0.3) is 0 Å². The first-order valence-electron chi connectivity index (χ1n) is 6.91. The normalized spacial score (nSPS) is 15.3. The fourth-order valence-corrected chi connectivity index (χ4v) is 1.71. The van der Waals surface area contributed by atoms with Crippen molar-refractivity contribution >= 4 is 0 Å². The first-order chi connectivity index (χ1) is 8.22. The van der Waals surface area contributed by atoms with Gasteiger partial charge in [0.2, 0.25) is 0 Å². The number of aliphatic hydroxyl groups excluding tert-OH is 2. The Hall–Kier alpha value is -0.380. The van der Waals surface area contributed by atoms with E-state index in [1.807, 2.05) is 0 Å². The van der Waals surface area contributed by atoms with Gasteiger partial charge in [-0.15, -0.1) is 0 Å². The highest BCUT2D eigenvalue weighted by Gasteiger charge is 2.11. The van der Waals surface area contributed by atoms with E-state index in [-0.39, 0.29) is 6.61 Å². The third-order valence-corrected chi connectivity index (χ3v) is 2.97. The van der Waals surface area contributed by atoms with Crippen molar-refractivity contribution < 1.29 is 10.2 Å². The maximum absolute atomic E-state index is 9.51. The van der Waals surface area contributed by atoms with E-state index in [2.05, 4.69) is 19.1 Å². The molecule has 102 valence electrons. The van der Waals surface area contributed by atoms with E-state index in [0.29, 0.717) is 6.42 Å². The van der Waals surface area contributed by atoms with Crippen LogP contribution in [0, 0.1) is 0 Å². The molecule has 0 aliphatic carbocycles. The van der Waals surface area contributed by atoms with Gasteiger partial charge in [0.25, 0.3) is 0 Å². The van der Waals surface area contributed by atoms with Crippen LogP contribution >= 0.6 is 0 Å². The minimum absolute atomic E-state index is 0.144. The molecule has 2 atom stereocenters. The number of nitrogens with two attached hydrogens (primary N) is 1. The minimum Gasteiger partial charge on any atom is -0.395 e. The fraction of sp³-hybridized carbons (Fsp3) is 0.857. The molecule has 3 nitrogen and oxygen atoms in total. The van der Waals surface area contributed by atoms with Gasteiger partial charge in [-0.1, -0.05) is 38.3 Å². The van der Waals surface area contributed by atoms with E-state index in [1.54, 1.807) is 0 Å². The molecule has 0 fully saturated rings. The van der Waals surface area contributed by atoms with Crippen LogP contribution in [0.3, 0.4) is 0 Å². The number of unbranched alkanes of at least 4 members (excludes halogenated alkanes) is 5. The molecule has 0 saturated heterocycles. The summed E-state index contributed by atoms with van der Waals surface area (Å²) in [4.78, 5) is 0. The van der Waals surface area contributed by atoms with E-state index >= 15 is 0 Å². The van der Waals surface area contributed by atoms with Gasteiger partial charge >= 0.3 is 0 Å². The lowest BCUT2D eigenvalue weighted by molar-refractivity contribution is 0.0999. The average Bonchev–Trinajstić information content (AvgIpc) is 2.35. The van der Waals surface area contributed by atoms with E-state index in [4.69, 9.17) is 10.8 Å². The molecule has 0 aliphatic heterocycles. The van der Waals surface area contributed by atoms with Crippen molar-refractivity contribution in [1.29, 1.82) is 0 Å². The van der Waals surface area contributed by atoms with Gasteiger partial charge in [0.1, 0.15) is 0 Å². The quantitative estimate of drug-likeness (QED) is 0.385. The summed E-state index contributed by atoms with van der Waals surface area (Å²) in [6, 6.07) is -0.493. The van der Waals surface area contributed by atoms with E-state index in [0.717, 1.165) is 12.8 Å². The molecule has 0 saturated carbocycles. The third-order valence-electron chi connectivity index (χ3n) is 2.97. The lowest BCUT2D eigenvalue weighted by Crippen LogP contribution is -2.37. The fourth-order valence-electron chi connectivity index (χ4n) is 1.71. The second-order valence-corrected chi connectivity index (χ2v) is 4.67. The summed E-state index contributed by atoms with van der Waals surface area (Å²) in [6.07, 6.45) is 12.8. The van der Waals surface area contributed by atoms with Crippen molar-refractivity contribution in [2.75, 3.05) is 6.61 Å². The number of aliphatic hydroxyl groups is 2. The minimum atomic E-state index is -0.571. The highest BCUT2D eigenvalue weighted by Crippen LogP contribution is 2.06. The molecule has 0 amide bonds. The number of allylic oxidation sites excluding steroid dienone is 2. The average molecular weight is 243 g/mol. The van der Waals surface area contributed by atoms with E-state index < -0.39 is 12.1 Å². The molecular formula is C14H29NO2. The largest absolute Gasteiger partial charge is 0.395 e. The van der Waals surface area contributed by atoms with Crippen LogP contribution in [-0.2, 0) is 0 Å². The van der Waals surface area contributed by atoms with Gasteiger partial charge in [-0.2, -0.15) is 0 Å². The van der Waals surface area contributed by atoms with Crippen LogP contribution in [-0.4, -0.2) is 29.0 Å². The summed E-state index contributed by atoms with van der Waals surface area (Å²) in [5, 5.41) is 18.3. The molecule has 4 N–H and O–H groups in total. The van der Waals surface area contributed by atoms with Gasteiger partial charge < -0.3 is 15.9 Å². The second-order valence-electron chi connectivity index (χ2n) is 4.67. The third kappa shape index (κ3) is 10.5. The SMILES string of the molecule is CCCCCC/C=C\CCC[C@@H](O)[C@H](N)CO.